The molecule has 0 radical (unpaired) electrons. The molecule has 0 saturated heterocycles. The van der Waals surface area contributed by atoms with E-state index in [2.05, 4.69) is 15.9 Å². The van der Waals surface area contributed by atoms with Gasteiger partial charge in [-0.2, -0.15) is 0 Å². The smallest absolute Gasteiger partial charge is 0.379 e. The second-order valence-electron chi connectivity index (χ2n) is 7.40. The highest BCUT2D eigenvalue weighted by atomic mass is 79.9. The summed E-state index contributed by atoms with van der Waals surface area (Å²) < 4.78 is 28.1. The van der Waals surface area contributed by atoms with E-state index in [9.17, 15) is 9.59 Å². The summed E-state index contributed by atoms with van der Waals surface area (Å²) in [4.78, 5) is 25.4. The van der Waals surface area contributed by atoms with E-state index in [1.54, 1.807) is 55.6 Å². The Morgan fingerprint density at radius 1 is 0.765 bits per heavy atom. The topological polar surface area (TPSA) is 88.1 Å². The number of ether oxygens (including phenoxy) is 3. The zero-order valence-corrected chi connectivity index (χ0v) is 19.7. The lowest BCUT2D eigenvalue weighted by atomic mass is 10.0. The van der Waals surface area contributed by atoms with Crippen LogP contribution in [0.3, 0.4) is 0 Å². The summed E-state index contributed by atoms with van der Waals surface area (Å²) in [6.07, 6.45) is 0. The minimum Gasteiger partial charge on any atom is -0.497 e. The molecule has 0 saturated carbocycles. The third-order valence-corrected chi connectivity index (χ3v) is 5.79. The summed E-state index contributed by atoms with van der Waals surface area (Å²) in [7, 11) is 3.07. The minimum absolute atomic E-state index is 0.0649. The maximum absolute atomic E-state index is 12.8. The van der Waals surface area contributed by atoms with Gasteiger partial charge in [-0.3, -0.25) is 0 Å². The largest absolute Gasteiger partial charge is 0.497 e. The van der Waals surface area contributed by atoms with Crippen LogP contribution in [0.5, 0.6) is 17.2 Å². The molecule has 8 heteroatoms. The molecular weight excluding hydrogens is 504 g/mol. The van der Waals surface area contributed by atoms with Crippen molar-refractivity contribution in [1.29, 1.82) is 0 Å². The molecule has 0 bridgehead atoms. The second-order valence-corrected chi connectivity index (χ2v) is 8.31. The highest BCUT2D eigenvalue weighted by molar-refractivity contribution is 9.10. The number of hydrogen-bond donors (Lipinski definition) is 0. The number of benzene rings is 3. The Labute approximate surface area is 201 Å². The van der Waals surface area contributed by atoms with Gasteiger partial charge in [0.25, 0.3) is 0 Å². The first-order chi connectivity index (χ1) is 16.4. The molecule has 0 spiro atoms. The van der Waals surface area contributed by atoms with Gasteiger partial charge in [-0.1, -0.05) is 15.9 Å². The average molecular weight is 521 g/mol. The van der Waals surface area contributed by atoms with Gasteiger partial charge >= 0.3 is 11.6 Å². The number of hydrogen-bond acceptors (Lipinski definition) is 7. The first-order valence-electron chi connectivity index (χ1n) is 10.2. The van der Waals surface area contributed by atoms with Gasteiger partial charge in [-0.05, 0) is 60.7 Å². The van der Waals surface area contributed by atoms with Crippen LogP contribution in [0, 0.1) is 0 Å². The van der Waals surface area contributed by atoms with E-state index in [4.69, 9.17) is 23.0 Å². The fraction of sp³-hybridized carbons (Fsp3) is 0.0769. The highest BCUT2D eigenvalue weighted by Crippen LogP contribution is 2.33. The molecule has 7 nitrogen and oxygen atoms in total. The summed E-state index contributed by atoms with van der Waals surface area (Å²) in [6.45, 7) is 0. The van der Waals surface area contributed by atoms with Crippen LogP contribution in [0.25, 0.3) is 33.1 Å². The second kappa shape index (κ2) is 8.72. The zero-order valence-electron chi connectivity index (χ0n) is 18.1. The number of fused-ring (bicyclic) bond motifs is 2. The van der Waals surface area contributed by atoms with Crippen molar-refractivity contribution in [1.82, 2.24) is 0 Å². The first-order valence-corrected chi connectivity index (χ1v) is 11.0. The molecule has 0 aliphatic heterocycles. The van der Waals surface area contributed by atoms with Gasteiger partial charge in [-0.15, -0.1) is 0 Å². The van der Waals surface area contributed by atoms with Crippen molar-refractivity contribution >= 4 is 43.8 Å². The number of carbonyl (C=O) groups excluding carboxylic acids is 1. The molecule has 2 aromatic heterocycles. The quantitative estimate of drug-likeness (QED) is 0.155. The Morgan fingerprint density at radius 2 is 1.59 bits per heavy atom. The monoisotopic (exact) mass is 520 g/mol. The van der Waals surface area contributed by atoms with Crippen LogP contribution < -0.4 is 19.8 Å². The van der Waals surface area contributed by atoms with Crippen molar-refractivity contribution in [2.24, 2.45) is 0 Å². The van der Waals surface area contributed by atoms with Gasteiger partial charge in [0.1, 0.15) is 28.4 Å². The Balaban J connectivity index is 1.47. The van der Waals surface area contributed by atoms with Gasteiger partial charge in [0, 0.05) is 26.9 Å². The van der Waals surface area contributed by atoms with Crippen LogP contribution in [0.4, 0.5) is 0 Å². The Hall–Kier alpha value is -4.04. The maximum Gasteiger partial charge on any atom is 0.379 e. The summed E-state index contributed by atoms with van der Waals surface area (Å²) in [5.74, 6) is 0.710. The molecule has 0 N–H and O–H groups in total. The van der Waals surface area contributed by atoms with Crippen molar-refractivity contribution in [3.05, 3.63) is 87.4 Å². The van der Waals surface area contributed by atoms with E-state index in [0.717, 1.165) is 9.86 Å². The summed E-state index contributed by atoms with van der Waals surface area (Å²) >= 11 is 3.39. The molecule has 0 aliphatic rings. The van der Waals surface area contributed by atoms with Gasteiger partial charge < -0.3 is 23.0 Å². The minimum atomic E-state index is -0.660. The number of carbonyl (C=O) groups is 1. The third-order valence-electron chi connectivity index (χ3n) is 5.29. The fourth-order valence-corrected chi connectivity index (χ4v) is 4.02. The summed E-state index contributed by atoms with van der Waals surface area (Å²) in [5.41, 5.74) is 1.14. The van der Waals surface area contributed by atoms with E-state index in [1.807, 2.05) is 12.1 Å². The van der Waals surface area contributed by atoms with Crippen molar-refractivity contribution in [2.75, 3.05) is 14.2 Å². The third kappa shape index (κ3) is 4.04. The van der Waals surface area contributed by atoms with Crippen LogP contribution in [0.15, 0.2) is 84.8 Å². The van der Waals surface area contributed by atoms with E-state index < -0.39 is 11.6 Å². The number of rotatable bonds is 5. The van der Waals surface area contributed by atoms with Crippen LogP contribution in [-0.4, -0.2) is 20.2 Å². The van der Waals surface area contributed by atoms with Crippen molar-refractivity contribution in [3.63, 3.8) is 0 Å². The molecular formula is C26H17BrO7. The molecule has 5 aromatic rings. The predicted molar refractivity (Wildman–Crippen MR) is 130 cm³/mol. The molecule has 0 fully saturated rings. The molecule has 2 heterocycles. The van der Waals surface area contributed by atoms with Crippen LogP contribution in [-0.2, 0) is 0 Å². The zero-order chi connectivity index (χ0) is 23.8. The van der Waals surface area contributed by atoms with E-state index in [-0.39, 0.29) is 17.1 Å². The highest BCUT2D eigenvalue weighted by Gasteiger charge is 2.17. The van der Waals surface area contributed by atoms with Gasteiger partial charge in [0.2, 0.25) is 5.76 Å². The summed E-state index contributed by atoms with van der Waals surface area (Å²) in [5, 5.41) is 1.42. The summed E-state index contributed by atoms with van der Waals surface area (Å²) in [6, 6.07) is 18.7. The van der Waals surface area contributed by atoms with Crippen LogP contribution in [0.1, 0.15) is 10.6 Å². The molecule has 0 amide bonds. The lowest BCUT2D eigenvalue weighted by molar-refractivity contribution is 0.0704. The SMILES string of the molecule is COc1ccc(OC)c(-c2cc3ccc(OC(=O)c4cc5cc(Br)ccc5o4)cc3oc2=O)c1. The van der Waals surface area contributed by atoms with Crippen molar-refractivity contribution in [3.8, 4) is 28.4 Å². The van der Waals surface area contributed by atoms with Gasteiger partial charge in [-0.25, -0.2) is 9.59 Å². The molecule has 0 unspecified atom stereocenters. The molecule has 170 valence electrons. The number of furan rings is 1. The van der Waals surface area contributed by atoms with Crippen molar-refractivity contribution < 1.29 is 27.8 Å². The average Bonchev–Trinajstić information content (AvgIpc) is 3.26. The normalized spacial score (nSPS) is 11.0. The van der Waals surface area contributed by atoms with E-state index in [1.165, 1.54) is 13.2 Å². The van der Waals surface area contributed by atoms with E-state index in [0.29, 0.717) is 33.6 Å². The van der Waals surface area contributed by atoms with Crippen LogP contribution >= 0.6 is 15.9 Å². The van der Waals surface area contributed by atoms with E-state index >= 15 is 0 Å². The molecule has 0 atom stereocenters. The Kier molecular flexibility index (Phi) is 5.59. The lowest BCUT2D eigenvalue weighted by Crippen LogP contribution is -2.07. The molecule has 3 aromatic carbocycles. The lowest BCUT2D eigenvalue weighted by Gasteiger charge is -2.10. The van der Waals surface area contributed by atoms with Crippen LogP contribution in [0.2, 0.25) is 0 Å². The number of esters is 1. The maximum atomic E-state index is 12.8. The predicted octanol–water partition coefficient (Wildman–Crippen LogP) is 6.21. The van der Waals surface area contributed by atoms with Crippen molar-refractivity contribution in [2.45, 2.75) is 0 Å². The molecule has 5 rings (SSSR count). The first kappa shape index (κ1) is 21.8. The number of methoxy groups -OCH3 is 2. The Morgan fingerprint density at radius 3 is 2.38 bits per heavy atom. The van der Waals surface area contributed by atoms with Gasteiger partial charge in [0.15, 0.2) is 0 Å². The molecule has 0 aliphatic carbocycles. The Bertz CT molecular complexity index is 1610. The fourth-order valence-electron chi connectivity index (χ4n) is 3.64. The molecule has 34 heavy (non-hydrogen) atoms. The standard InChI is InChI=1S/C26H17BrO7/c1-30-17-6-8-22(31-2)19(12-17)20-10-14-3-5-18(13-23(14)34-25(20)28)32-26(29)24-11-15-9-16(27)4-7-21(15)33-24/h3-13H,1-2H3. The number of halogens is 1. The van der Waals surface area contributed by atoms with Gasteiger partial charge in [0.05, 0.1) is 19.8 Å².